The average molecular weight is 251 g/mol. The molecule has 0 spiro atoms. The smallest absolute Gasteiger partial charge is 0.306 e. The van der Waals surface area contributed by atoms with E-state index >= 15 is 0 Å². The van der Waals surface area contributed by atoms with Gasteiger partial charge in [-0.25, -0.2) is 0 Å². The van der Waals surface area contributed by atoms with E-state index < -0.39 is 5.97 Å². The van der Waals surface area contributed by atoms with Crippen LogP contribution in [0.4, 0.5) is 0 Å². The van der Waals surface area contributed by atoms with Gasteiger partial charge in [-0.3, -0.25) is 9.59 Å². The van der Waals surface area contributed by atoms with Crippen molar-refractivity contribution < 1.29 is 19.1 Å². The van der Waals surface area contributed by atoms with Crippen LogP contribution in [0.5, 0.6) is 0 Å². The second-order valence-electron chi connectivity index (χ2n) is 4.75. The van der Waals surface area contributed by atoms with Crippen LogP contribution in [0.25, 0.3) is 0 Å². The van der Waals surface area contributed by atoms with Crippen LogP contribution in [0.15, 0.2) is 10.5 Å². The molecule has 0 unspecified atom stereocenters. The van der Waals surface area contributed by atoms with Crippen LogP contribution in [0, 0.1) is 12.8 Å². The molecule has 2 N–H and O–H groups in total. The van der Waals surface area contributed by atoms with E-state index in [0.29, 0.717) is 18.6 Å². The van der Waals surface area contributed by atoms with Crippen LogP contribution in [0.3, 0.4) is 0 Å². The Labute approximate surface area is 105 Å². The molecule has 1 heterocycles. The summed E-state index contributed by atoms with van der Waals surface area (Å²) in [6.45, 7) is 3.87. The molecule has 1 aliphatic rings. The molecule has 0 atom stereocenters. The van der Waals surface area contributed by atoms with Crippen molar-refractivity contribution in [3.05, 3.63) is 23.2 Å². The van der Waals surface area contributed by atoms with Crippen molar-refractivity contribution in [2.75, 3.05) is 0 Å². The van der Waals surface area contributed by atoms with E-state index in [-0.39, 0.29) is 17.9 Å². The number of carboxylic acids is 1. The van der Waals surface area contributed by atoms with Crippen molar-refractivity contribution in [2.45, 2.75) is 39.2 Å². The van der Waals surface area contributed by atoms with Gasteiger partial charge in [0.25, 0.3) is 5.91 Å². The van der Waals surface area contributed by atoms with Gasteiger partial charge in [0, 0.05) is 12.5 Å². The van der Waals surface area contributed by atoms with E-state index in [1.807, 2.05) is 13.8 Å². The Bertz CT molecular complexity index is 471. The first-order valence-corrected chi connectivity index (χ1v) is 6.14. The lowest BCUT2D eigenvalue weighted by molar-refractivity contribution is -0.145. The van der Waals surface area contributed by atoms with Gasteiger partial charge in [0.1, 0.15) is 5.76 Å². The molecule has 0 saturated heterocycles. The first-order valence-electron chi connectivity index (χ1n) is 6.14. The van der Waals surface area contributed by atoms with Gasteiger partial charge in [0.2, 0.25) is 0 Å². The van der Waals surface area contributed by atoms with Gasteiger partial charge in [0.05, 0.1) is 5.92 Å². The van der Waals surface area contributed by atoms with Crippen LogP contribution in [-0.4, -0.2) is 23.0 Å². The Morgan fingerprint density at radius 3 is 2.67 bits per heavy atom. The third kappa shape index (κ3) is 2.39. The summed E-state index contributed by atoms with van der Waals surface area (Å²) in [5, 5.41) is 11.5. The van der Waals surface area contributed by atoms with Gasteiger partial charge in [-0.1, -0.05) is 6.92 Å². The minimum absolute atomic E-state index is 0.0471. The fourth-order valence-electron chi connectivity index (χ4n) is 2.18. The van der Waals surface area contributed by atoms with Crippen molar-refractivity contribution >= 4 is 11.9 Å². The standard InChI is InChI=1S/C13H17NO4/c1-3-10-7(2)4-11(18-10)12(15)14-9-5-8(6-9)13(16)17/h4,8-9H,3,5-6H2,1-2H3,(H,14,15)(H,16,17). The van der Waals surface area contributed by atoms with Crippen molar-refractivity contribution in [3.8, 4) is 0 Å². The number of nitrogens with one attached hydrogen (secondary N) is 1. The maximum atomic E-state index is 11.9. The fraction of sp³-hybridized carbons (Fsp3) is 0.538. The molecule has 0 radical (unpaired) electrons. The lowest BCUT2D eigenvalue weighted by Gasteiger charge is -2.32. The summed E-state index contributed by atoms with van der Waals surface area (Å²) in [5.41, 5.74) is 0.972. The molecule has 2 rings (SSSR count). The quantitative estimate of drug-likeness (QED) is 0.854. The summed E-state index contributed by atoms with van der Waals surface area (Å²) in [7, 11) is 0. The maximum absolute atomic E-state index is 11.9. The van der Waals surface area contributed by atoms with E-state index in [1.54, 1.807) is 6.07 Å². The number of carbonyl (C=O) groups excluding carboxylic acids is 1. The number of aliphatic carboxylic acids is 1. The van der Waals surface area contributed by atoms with Crippen LogP contribution < -0.4 is 5.32 Å². The number of carboxylic acid groups (broad SMARTS) is 1. The van der Waals surface area contributed by atoms with E-state index in [0.717, 1.165) is 17.7 Å². The highest BCUT2D eigenvalue weighted by molar-refractivity contribution is 5.92. The van der Waals surface area contributed by atoms with E-state index in [4.69, 9.17) is 9.52 Å². The Balaban J connectivity index is 1.91. The highest BCUT2D eigenvalue weighted by atomic mass is 16.4. The number of furan rings is 1. The number of rotatable bonds is 4. The van der Waals surface area contributed by atoms with Crippen molar-refractivity contribution in [1.82, 2.24) is 5.32 Å². The van der Waals surface area contributed by atoms with Gasteiger partial charge in [0.15, 0.2) is 5.76 Å². The van der Waals surface area contributed by atoms with Crippen molar-refractivity contribution in [3.63, 3.8) is 0 Å². The Kier molecular flexibility index (Phi) is 3.41. The first-order chi connectivity index (χ1) is 8.51. The predicted octanol–water partition coefficient (Wildman–Crippen LogP) is 1.74. The summed E-state index contributed by atoms with van der Waals surface area (Å²) >= 11 is 0. The van der Waals surface area contributed by atoms with Crippen molar-refractivity contribution in [2.24, 2.45) is 5.92 Å². The zero-order valence-corrected chi connectivity index (χ0v) is 10.5. The fourth-order valence-corrected chi connectivity index (χ4v) is 2.18. The van der Waals surface area contributed by atoms with Crippen LogP contribution in [-0.2, 0) is 11.2 Å². The minimum atomic E-state index is -0.789. The molecule has 5 nitrogen and oxygen atoms in total. The largest absolute Gasteiger partial charge is 0.481 e. The Morgan fingerprint density at radius 2 is 2.17 bits per heavy atom. The van der Waals surface area contributed by atoms with Crippen LogP contribution >= 0.6 is 0 Å². The summed E-state index contributed by atoms with van der Waals surface area (Å²) in [4.78, 5) is 22.5. The highest BCUT2D eigenvalue weighted by Gasteiger charge is 2.35. The Hall–Kier alpha value is -1.78. The summed E-state index contributed by atoms with van der Waals surface area (Å²) in [6.07, 6.45) is 1.76. The average Bonchev–Trinajstić information content (AvgIpc) is 2.63. The number of carbonyl (C=O) groups is 2. The molecule has 0 aliphatic heterocycles. The second-order valence-corrected chi connectivity index (χ2v) is 4.75. The molecule has 0 aromatic carbocycles. The van der Waals surface area contributed by atoms with E-state index in [1.165, 1.54) is 0 Å². The number of hydrogen-bond acceptors (Lipinski definition) is 3. The zero-order valence-electron chi connectivity index (χ0n) is 10.5. The number of amides is 1. The topological polar surface area (TPSA) is 79.5 Å². The van der Waals surface area contributed by atoms with Gasteiger partial charge in [-0.05, 0) is 31.4 Å². The molecule has 1 aromatic rings. The van der Waals surface area contributed by atoms with E-state index in [2.05, 4.69) is 5.32 Å². The predicted molar refractivity (Wildman–Crippen MR) is 64.4 cm³/mol. The first kappa shape index (κ1) is 12.7. The molecular formula is C13H17NO4. The highest BCUT2D eigenvalue weighted by Crippen LogP contribution is 2.27. The van der Waals surface area contributed by atoms with Crippen LogP contribution in [0.1, 0.15) is 41.6 Å². The molecule has 98 valence electrons. The SMILES string of the molecule is CCc1oc(C(=O)NC2CC(C(=O)O)C2)cc1C. The number of aryl methyl sites for hydroxylation is 2. The Morgan fingerprint density at radius 1 is 1.50 bits per heavy atom. The molecule has 1 aliphatic carbocycles. The third-order valence-electron chi connectivity index (χ3n) is 3.39. The normalized spacial score (nSPS) is 22.3. The molecular weight excluding hydrogens is 234 g/mol. The monoisotopic (exact) mass is 251 g/mol. The third-order valence-corrected chi connectivity index (χ3v) is 3.39. The zero-order chi connectivity index (χ0) is 13.3. The number of hydrogen-bond donors (Lipinski definition) is 2. The molecule has 0 bridgehead atoms. The molecule has 1 aromatic heterocycles. The van der Waals surface area contributed by atoms with Crippen molar-refractivity contribution in [1.29, 1.82) is 0 Å². The molecule has 5 heteroatoms. The molecule has 18 heavy (non-hydrogen) atoms. The van der Waals surface area contributed by atoms with Gasteiger partial charge < -0.3 is 14.8 Å². The summed E-state index contributed by atoms with van der Waals surface area (Å²) in [6, 6.07) is 1.68. The lowest BCUT2D eigenvalue weighted by atomic mass is 9.80. The van der Waals surface area contributed by atoms with Gasteiger partial charge in [-0.15, -0.1) is 0 Å². The minimum Gasteiger partial charge on any atom is -0.481 e. The van der Waals surface area contributed by atoms with Gasteiger partial charge >= 0.3 is 5.97 Å². The van der Waals surface area contributed by atoms with E-state index in [9.17, 15) is 9.59 Å². The second kappa shape index (κ2) is 4.84. The van der Waals surface area contributed by atoms with Crippen LogP contribution in [0.2, 0.25) is 0 Å². The van der Waals surface area contributed by atoms with Gasteiger partial charge in [-0.2, -0.15) is 0 Å². The molecule has 1 saturated carbocycles. The molecule has 1 amide bonds. The maximum Gasteiger partial charge on any atom is 0.306 e. The summed E-state index contributed by atoms with van der Waals surface area (Å²) in [5.74, 6) is -0.241. The summed E-state index contributed by atoms with van der Waals surface area (Å²) < 4.78 is 5.44. The molecule has 1 fully saturated rings. The lowest BCUT2D eigenvalue weighted by Crippen LogP contribution is -2.46.